The fourth-order valence-corrected chi connectivity index (χ4v) is 1.07. The highest BCUT2D eigenvalue weighted by Crippen LogP contribution is 2.13. The summed E-state index contributed by atoms with van der Waals surface area (Å²) in [6.45, 7) is 0. The Morgan fingerprint density at radius 2 is 2.36 bits per heavy atom. The molecule has 2 aromatic rings. The largest absolute Gasteiger partial charge is 0.322 e. The van der Waals surface area contributed by atoms with Crippen LogP contribution in [-0.2, 0) is 0 Å². The van der Waals surface area contributed by atoms with E-state index >= 15 is 0 Å². The van der Waals surface area contributed by atoms with Crippen LogP contribution in [0.4, 0.5) is 5.69 Å². The summed E-state index contributed by atoms with van der Waals surface area (Å²) < 4.78 is 1.76. The lowest BCUT2D eigenvalue weighted by Crippen LogP contribution is -2.07. The number of fused-ring (bicyclic) bond motifs is 1. The molecule has 0 aliphatic carbocycles. The third-order valence-corrected chi connectivity index (χ3v) is 1.59. The van der Waals surface area contributed by atoms with Crippen LogP contribution in [0, 0.1) is 0 Å². The van der Waals surface area contributed by atoms with E-state index in [2.05, 4.69) is 10.5 Å². The number of hydrogen-bond donors (Lipinski definition) is 2. The summed E-state index contributed by atoms with van der Waals surface area (Å²) in [6, 6.07) is 5.68. The molecule has 0 radical (unpaired) electrons. The van der Waals surface area contributed by atoms with Gasteiger partial charge < -0.3 is 5.43 Å². The van der Waals surface area contributed by atoms with Gasteiger partial charge in [0, 0.05) is 6.20 Å². The number of nitrogen functional groups attached to an aromatic ring is 1. The Bertz CT molecular complexity index is 365. The quantitative estimate of drug-likeness (QED) is 0.460. The van der Waals surface area contributed by atoms with E-state index in [9.17, 15) is 0 Å². The monoisotopic (exact) mass is 148 g/mol. The van der Waals surface area contributed by atoms with Crippen LogP contribution >= 0.6 is 0 Å². The summed E-state index contributed by atoms with van der Waals surface area (Å²) in [7, 11) is 0. The maximum atomic E-state index is 5.28. The van der Waals surface area contributed by atoms with E-state index in [4.69, 9.17) is 5.84 Å². The number of hydrazine groups is 1. The molecule has 0 fully saturated rings. The SMILES string of the molecule is NNc1cccn2nccc12. The Labute approximate surface area is 63.6 Å². The molecule has 0 aliphatic rings. The molecule has 0 unspecified atom stereocenters. The molecule has 0 saturated heterocycles. The average molecular weight is 148 g/mol. The van der Waals surface area contributed by atoms with Crippen LogP contribution in [0.5, 0.6) is 0 Å². The molecule has 56 valence electrons. The fourth-order valence-electron chi connectivity index (χ4n) is 1.07. The van der Waals surface area contributed by atoms with E-state index in [0.29, 0.717) is 0 Å². The van der Waals surface area contributed by atoms with Crippen LogP contribution in [-0.4, -0.2) is 9.61 Å². The number of nitrogens with one attached hydrogen (secondary N) is 1. The molecule has 2 heterocycles. The Kier molecular flexibility index (Phi) is 1.26. The topological polar surface area (TPSA) is 55.3 Å². The lowest BCUT2D eigenvalue weighted by atomic mass is 10.3. The van der Waals surface area contributed by atoms with Crippen molar-refractivity contribution in [1.29, 1.82) is 0 Å². The minimum atomic E-state index is 0.880. The minimum Gasteiger partial charge on any atom is -0.322 e. The zero-order chi connectivity index (χ0) is 7.68. The van der Waals surface area contributed by atoms with Crippen molar-refractivity contribution in [3.63, 3.8) is 0 Å². The molecule has 0 atom stereocenters. The highest BCUT2D eigenvalue weighted by atomic mass is 15.3. The number of hydrogen-bond acceptors (Lipinski definition) is 3. The predicted octanol–water partition coefficient (Wildman–Crippen LogP) is 0.620. The standard InChI is InChI=1S/C7H8N4/c8-10-6-2-1-5-11-7(6)3-4-9-11/h1-5,10H,8H2. The van der Waals surface area contributed by atoms with E-state index in [1.807, 2.05) is 24.4 Å². The molecule has 0 spiro atoms. The first-order valence-electron chi connectivity index (χ1n) is 3.31. The van der Waals surface area contributed by atoms with Crippen molar-refractivity contribution >= 4 is 11.2 Å². The van der Waals surface area contributed by atoms with Gasteiger partial charge in [-0.3, -0.25) is 5.84 Å². The summed E-state index contributed by atoms with van der Waals surface area (Å²) in [5.74, 6) is 5.28. The van der Waals surface area contributed by atoms with Gasteiger partial charge in [-0.25, -0.2) is 4.52 Å². The van der Waals surface area contributed by atoms with E-state index in [-0.39, 0.29) is 0 Å². The van der Waals surface area contributed by atoms with Crippen molar-refractivity contribution in [1.82, 2.24) is 9.61 Å². The van der Waals surface area contributed by atoms with Crippen molar-refractivity contribution in [2.24, 2.45) is 5.84 Å². The van der Waals surface area contributed by atoms with Gasteiger partial charge >= 0.3 is 0 Å². The second-order valence-corrected chi connectivity index (χ2v) is 2.23. The van der Waals surface area contributed by atoms with Crippen LogP contribution in [0.2, 0.25) is 0 Å². The molecule has 0 aromatic carbocycles. The van der Waals surface area contributed by atoms with Gasteiger partial charge in [0.1, 0.15) is 0 Å². The molecule has 2 aromatic heterocycles. The van der Waals surface area contributed by atoms with Gasteiger partial charge in [-0.2, -0.15) is 5.10 Å². The van der Waals surface area contributed by atoms with Gasteiger partial charge in [0.2, 0.25) is 0 Å². The van der Waals surface area contributed by atoms with Crippen LogP contribution < -0.4 is 11.3 Å². The molecule has 0 amide bonds. The smallest absolute Gasteiger partial charge is 0.0905 e. The van der Waals surface area contributed by atoms with Crippen LogP contribution in [0.25, 0.3) is 5.52 Å². The van der Waals surface area contributed by atoms with Crippen LogP contribution in [0.15, 0.2) is 30.6 Å². The molecule has 0 saturated carbocycles. The van der Waals surface area contributed by atoms with E-state index in [1.54, 1.807) is 10.7 Å². The average Bonchev–Trinajstić information content (AvgIpc) is 2.50. The zero-order valence-corrected chi connectivity index (χ0v) is 5.86. The highest BCUT2D eigenvalue weighted by Gasteiger charge is 1.96. The van der Waals surface area contributed by atoms with Crippen molar-refractivity contribution in [2.45, 2.75) is 0 Å². The highest BCUT2D eigenvalue weighted by molar-refractivity contribution is 5.70. The first-order valence-corrected chi connectivity index (χ1v) is 3.31. The third kappa shape index (κ3) is 0.841. The predicted molar refractivity (Wildman–Crippen MR) is 43.0 cm³/mol. The molecular formula is C7H8N4. The van der Waals surface area contributed by atoms with E-state index < -0.39 is 0 Å². The molecule has 11 heavy (non-hydrogen) atoms. The number of nitrogens with zero attached hydrogens (tertiary/aromatic N) is 2. The minimum absolute atomic E-state index is 0.880. The maximum Gasteiger partial charge on any atom is 0.0905 e. The summed E-state index contributed by atoms with van der Waals surface area (Å²) in [6.07, 6.45) is 3.60. The van der Waals surface area contributed by atoms with Gasteiger partial charge in [0.15, 0.2) is 0 Å². The summed E-state index contributed by atoms with van der Waals surface area (Å²) in [5, 5.41) is 4.05. The van der Waals surface area contributed by atoms with Crippen molar-refractivity contribution in [3.8, 4) is 0 Å². The molecule has 3 N–H and O–H groups in total. The fraction of sp³-hybridized carbons (Fsp3) is 0. The van der Waals surface area contributed by atoms with Gasteiger partial charge in [0.05, 0.1) is 17.4 Å². The van der Waals surface area contributed by atoms with E-state index in [1.165, 1.54) is 0 Å². The summed E-state index contributed by atoms with van der Waals surface area (Å²) in [4.78, 5) is 0. The number of rotatable bonds is 1. The molecule has 2 rings (SSSR count). The number of nitrogens with two attached hydrogens (primary N) is 1. The molecule has 0 bridgehead atoms. The first kappa shape index (κ1) is 6.18. The third-order valence-electron chi connectivity index (χ3n) is 1.59. The molecular weight excluding hydrogens is 140 g/mol. The maximum absolute atomic E-state index is 5.28. The Morgan fingerprint density at radius 1 is 1.45 bits per heavy atom. The second kappa shape index (κ2) is 2.25. The number of anilines is 1. The zero-order valence-electron chi connectivity index (χ0n) is 5.86. The van der Waals surface area contributed by atoms with Crippen molar-refractivity contribution < 1.29 is 0 Å². The van der Waals surface area contributed by atoms with Crippen molar-refractivity contribution in [2.75, 3.05) is 5.43 Å². The Hall–Kier alpha value is -1.55. The normalized spacial score (nSPS) is 10.3. The summed E-state index contributed by atoms with van der Waals surface area (Å²) >= 11 is 0. The lowest BCUT2D eigenvalue weighted by molar-refractivity contribution is 0.961. The lowest BCUT2D eigenvalue weighted by Gasteiger charge is -2.00. The van der Waals surface area contributed by atoms with Gasteiger partial charge in [-0.1, -0.05) is 0 Å². The summed E-state index contributed by atoms with van der Waals surface area (Å²) in [5.41, 5.74) is 4.46. The molecule has 0 aliphatic heterocycles. The Balaban J connectivity index is 2.79. The van der Waals surface area contributed by atoms with E-state index in [0.717, 1.165) is 11.2 Å². The Morgan fingerprint density at radius 3 is 3.18 bits per heavy atom. The van der Waals surface area contributed by atoms with Gasteiger partial charge in [-0.15, -0.1) is 0 Å². The second-order valence-electron chi connectivity index (χ2n) is 2.23. The van der Waals surface area contributed by atoms with Crippen molar-refractivity contribution in [3.05, 3.63) is 30.6 Å². The van der Waals surface area contributed by atoms with Gasteiger partial charge in [0.25, 0.3) is 0 Å². The molecule has 4 nitrogen and oxygen atoms in total. The molecule has 4 heteroatoms. The number of aromatic nitrogens is 2. The number of pyridine rings is 1. The van der Waals surface area contributed by atoms with Crippen LogP contribution in [0.3, 0.4) is 0 Å². The van der Waals surface area contributed by atoms with Crippen LogP contribution in [0.1, 0.15) is 0 Å². The first-order chi connectivity index (χ1) is 5.42. The van der Waals surface area contributed by atoms with Gasteiger partial charge in [-0.05, 0) is 18.2 Å².